The highest BCUT2D eigenvalue weighted by atomic mass is 16.2. The first-order valence-electron chi connectivity index (χ1n) is 12.6. The van der Waals surface area contributed by atoms with Gasteiger partial charge in [0.05, 0.1) is 6.54 Å². The lowest BCUT2D eigenvalue weighted by atomic mass is 10.1. The van der Waals surface area contributed by atoms with Crippen LogP contribution in [0.3, 0.4) is 0 Å². The maximum absolute atomic E-state index is 13.2. The number of carbonyl (C=O) groups is 3. The Morgan fingerprint density at radius 2 is 1.43 bits per heavy atom. The van der Waals surface area contributed by atoms with E-state index < -0.39 is 11.9 Å². The van der Waals surface area contributed by atoms with E-state index in [0.717, 1.165) is 24.5 Å². The standard InChI is InChI=1S/C29H33N5O3/c1-32(24-13-5-2-6-14-24)28(36)22-34(25-15-7-3-8-16-25)27(35)21-30-29(37)31-23-12-11-17-26(20-23)33-18-9-4-10-19-33/h2-3,5-8,11-17,20H,4,9-10,18-19,21-22H2,1H3,(H2,30,31,37). The Kier molecular flexibility index (Phi) is 8.75. The zero-order chi connectivity index (χ0) is 26.0. The molecule has 0 aliphatic carbocycles. The van der Waals surface area contributed by atoms with E-state index in [1.54, 1.807) is 31.3 Å². The summed E-state index contributed by atoms with van der Waals surface area (Å²) in [5.74, 6) is -0.638. The van der Waals surface area contributed by atoms with E-state index in [2.05, 4.69) is 15.5 Å². The minimum absolute atomic E-state index is 0.157. The van der Waals surface area contributed by atoms with Gasteiger partial charge in [-0.15, -0.1) is 0 Å². The molecule has 1 aliphatic rings. The van der Waals surface area contributed by atoms with Gasteiger partial charge in [0.2, 0.25) is 11.8 Å². The molecule has 0 saturated carbocycles. The van der Waals surface area contributed by atoms with Gasteiger partial charge in [0.25, 0.3) is 0 Å². The first-order valence-corrected chi connectivity index (χ1v) is 12.6. The van der Waals surface area contributed by atoms with E-state index in [1.807, 2.05) is 60.7 Å². The Morgan fingerprint density at radius 3 is 2.11 bits per heavy atom. The minimum atomic E-state index is -0.482. The molecule has 0 spiro atoms. The van der Waals surface area contributed by atoms with Gasteiger partial charge in [-0.05, 0) is 61.7 Å². The molecule has 3 aromatic rings. The molecular formula is C29H33N5O3. The Morgan fingerprint density at radius 1 is 0.784 bits per heavy atom. The fraction of sp³-hybridized carbons (Fsp3) is 0.276. The summed E-state index contributed by atoms with van der Waals surface area (Å²) in [5, 5.41) is 5.45. The summed E-state index contributed by atoms with van der Waals surface area (Å²) in [6.07, 6.45) is 3.59. The predicted octanol–water partition coefficient (Wildman–Crippen LogP) is 4.49. The van der Waals surface area contributed by atoms with Crippen LogP contribution in [0.1, 0.15) is 19.3 Å². The molecule has 0 radical (unpaired) electrons. The second kappa shape index (κ2) is 12.6. The monoisotopic (exact) mass is 499 g/mol. The number of anilines is 4. The van der Waals surface area contributed by atoms with Crippen molar-refractivity contribution in [3.8, 4) is 0 Å². The summed E-state index contributed by atoms with van der Waals surface area (Å²) in [7, 11) is 1.68. The van der Waals surface area contributed by atoms with Crippen molar-refractivity contribution in [2.24, 2.45) is 0 Å². The summed E-state index contributed by atoms with van der Waals surface area (Å²) in [4.78, 5) is 44.0. The van der Waals surface area contributed by atoms with Gasteiger partial charge in [-0.2, -0.15) is 0 Å². The number of para-hydroxylation sites is 2. The third-order valence-electron chi connectivity index (χ3n) is 6.41. The number of amides is 4. The van der Waals surface area contributed by atoms with Crippen LogP contribution in [-0.4, -0.2) is 51.1 Å². The average Bonchev–Trinajstić information content (AvgIpc) is 2.95. The van der Waals surface area contributed by atoms with Crippen LogP contribution in [-0.2, 0) is 9.59 Å². The topological polar surface area (TPSA) is 85.0 Å². The lowest BCUT2D eigenvalue weighted by Crippen LogP contribution is -2.46. The molecule has 4 rings (SSSR count). The van der Waals surface area contributed by atoms with Gasteiger partial charge < -0.3 is 25.3 Å². The van der Waals surface area contributed by atoms with Crippen LogP contribution in [0.4, 0.5) is 27.5 Å². The minimum Gasteiger partial charge on any atom is -0.371 e. The van der Waals surface area contributed by atoms with Crippen LogP contribution in [0.15, 0.2) is 84.9 Å². The van der Waals surface area contributed by atoms with Crippen LogP contribution in [0, 0.1) is 0 Å². The first kappa shape index (κ1) is 25.8. The Bertz CT molecular complexity index is 1200. The highest BCUT2D eigenvalue weighted by Crippen LogP contribution is 2.23. The van der Waals surface area contributed by atoms with Crippen molar-refractivity contribution >= 4 is 40.6 Å². The third kappa shape index (κ3) is 7.10. The number of hydrogen-bond donors (Lipinski definition) is 2. The van der Waals surface area contributed by atoms with Gasteiger partial charge >= 0.3 is 6.03 Å². The normalized spacial score (nSPS) is 12.9. The Hall–Kier alpha value is -4.33. The van der Waals surface area contributed by atoms with Crippen LogP contribution in [0.25, 0.3) is 0 Å². The van der Waals surface area contributed by atoms with Crippen molar-refractivity contribution in [2.75, 3.05) is 53.2 Å². The molecule has 0 bridgehead atoms. The Labute approximate surface area is 217 Å². The number of rotatable bonds is 8. The smallest absolute Gasteiger partial charge is 0.319 e. The molecule has 1 fully saturated rings. The Balaban J connectivity index is 1.37. The number of hydrogen-bond acceptors (Lipinski definition) is 4. The van der Waals surface area contributed by atoms with Gasteiger partial charge in [-0.3, -0.25) is 9.59 Å². The van der Waals surface area contributed by atoms with Crippen molar-refractivity contribution in [3.63, 3.8) is 0 Å². The molecule has 1 saturated heterocycles. The van der Waals surface area contributed by atoms with Crippen molar-refractivity contribution in [1.29, 1.82) is 0 Å². The van der Waals surface area contributed by atoms with Gasteiger partial charge in [0, 0.05) is 42.9 Å². The number of piperidine rings is 1. The molecule has 8 nitrogen and oxygen atoms in total. The molecule has 0 aromatic heterocycles. The lowest BCUT2D eigenvalue weighted by Gasteiger charge is -2.29. The number of nitrogens with one attached hydrogen (secondary N) is 2. The molecule has 192 valence electrons. The predicted molar refractivity (Wildman–Crippen MR) is 148 cm³/mol. The maximum Gasteiger partial charge on any atom is 0.319 e. The van der Waals surface area contributed by atoms with Crippen LogP contribution < -0.4 is 25.3 Å². The SMILES string of the molecule is CN(C(=O)CN(C(=O)CNC(=O)Nc1cccc(N2CCCCC2)c1)c1ccccc1)c1ccccc1. The lowest BCUT2D eigenvalue weighted by molar-refractivity contribution is -0.121. The maximum atomic E-state index is 13.2. The van der Waals surface area contributed by atoms with E-state index in [1.165, 1.54) is 29.1 Å². The van der Waals surface area contributed by atoms with E-state index in [-0.39, 0.29) is 19.0 Å². The fourth-order valence-corrected chi connectivity index (χ4v) is 4.33. The third-order valence-corrected chi connectivity index (χ3v) is 6.41. The second-order valence-electron chi connectivity index (χ2n) is 9.01. The molecule has 2 N–H and O–H groups in total. The average molecular weight is 500 g/mol. The molecule has 0 atom stereocenters. The van der Waals surface area contributed by atoms with E-state index in [0.29, 0.717) is 11.4 Å². The van der Waals surface area contributed by atoms with E-state index >= 15 is 0 Å². The number of nitrogens with zero attached hydrogens (tertiary/aromatic N) is 3. The summed E-state index contributed by atoms with van der Waals surface area (Å²) >= 11 is 0. The molecular weight excluding hydrogens is 466 g/mol. The van der Waals surface area contributed by atoms with E-state index in [9.17, 15) is 14.4 Å². The summed E-state index contributed by atoms with van der Waals surface area (Å²) in [6, 6.07) is 25.5. The molecule has 1 heterocycles. The van der Waals surface area contributed by atoms with Crippen molar-refractivity contribution < 1.29 is 14.4 Å². The second-order valence-corrected chi connectivity index (χ2v) is 9.01. The molecule has 4 amide bonds. The largest absolute Gasteiger partial charge is 0.371 e. The quantitative estimate of drug-likeness (QED) is 0.478. The van der Waals surface area contributed by atoms with Crippen LogP contribution in [0.2, 0.25) is 0 Å². The number of urea groups is 1. The van der Waals surface area contributed by atoms with Crippen molar-refractivity contribution in [1.82, 2.24) is 5.32 Å². The summed E-state index contributed by atoms with van der Waals surface area (Å²) < 4.78 is 0. The zero-order valence-corrected chi connectivity index (χ0v) is 21.1. The van der Waals surface area contributed by atoms with Crippen molar-refractivity contribution in [3.05, 3.63) is 84.9 Å². The summed E-state index contributed by atoms with van der Waals surface area (Å²) in [6.45, 7) is 1.61. The molecule has 37 heavy (non-hydrogen) atoms. The molecule has 8 heteroatoms. The van der Waals surface area contributed by atoms with Gasteiger partial charge in [-0.25, -0.2) is 4.79 Å². The molecule has 1 aliphatic heterocycles. The first-order chi connectivity index (χ1) is 18.0. The highest BCUT2D eigenvalue weighted by molar-refractivity contribution is 6.05. The number of benzene rings is 3. The van der Waals surface area contributed by atoms with Crippen molar-refractivity contribution in [2.45, 2.75) is 19.3 Å². The highest BCUT2D eigenvalue weighted by Gasteiger charge is 2.22. The summed E-state index contributed by atoms with van der Waals surface area (Å²) in [5.41, 5.74) is 3.05. The number of carbonyl (C=O) groups excluding carboxylic acids is 3. The van der Waals surface area contributed by atoms with E-state index in [4.69, 9.17) is 0 Å². The fourth-order valence-electron chi connectivity index (χ4n) is 4.33. The van der Waals surface area contributed by atoms with Gasteiger partial charge in [-0.1, -0.05) is 42.5 Å². The van der Waals surface area contributed by atoms with Gasteiger partial charge in [0.15, 0.2) is 0 Å². The number of likely N-dealkylation sites (N-methyl/N-ethyl adjacent to an activating group) is 1. The molecule has 3 aromatic carbocycles. The zero-order valence-electron chi connectivity index (χ0n) is 21.1. The van der Waals surface area contributed by atoms with Crippen LogP contribution >= 0.6 is 0 Å². The molecule has 0 unspecified atom stereocenters. The van der Waals surface area contributed by atoms with Gasteiger partial charge in [0.1, 0.15) is 6.54 Å². The van der Waals surface area contributed by atoms with Crippen LogP contribution in [0.5, 0.6) is 0 Å².